The Morgan fingerprint density at radius 3 is 2.35 bits per heavy atom. The van der Waals surface area contributed by atoms with Crippen LogP contribution in [0.15, 0.2) is 12.1 Å². The Kier molecular flexibility index (Phi) is 5.55. The molecular formula is C22H35NO3. The minimum atomic E-state index is -0.201. The molecule has 1 aromatic carbocycles. The number of nitrogens with zero attached hydrogens (tertiary/aromatic N) is 1. The van der Waals surface area contributed by atoms with Gasteiger partial charge in [-0.1, -0.05) is 13.3 Å². The van der Waals surface area contributed by atoms with Gasteiger partial charge in [0.05, 0.1) is 20.3 Å². The molecule has 0 radical (unpaired) electrons. The molecule has 4 heteroatoms. The van der Waals surface area contributed by atoms with Gasteiger partial charge in [-0.2, -0.15) is 0 Å². The number of fused-ring (bicyclic) bond motifs is 1. The Balaban J connectivity index is 1.89. The van der Waals surface area contributed by atoms with Crippen LogP contribution >= 0.6 is 0 Å². The molecule has 0 spiro atoms. The Morgan fingerprint density at radius 1 is 1.08 bits per heavy atom. The number of benzene rings is 1. The number of hydrogen-bond acceptors (Lipinski definition) is 4. The summed E-state index contributed by atoms with van der Waals surface area (Å²) in [6.07, 6.45) is 4.06. The number of ether oxygens (including phenoxy) is 2. The van der Waals surface area contributed by atoms with Gasteiger partial charge >= 0.3 is 0 Å². The van der Waals surface area contributed by atoms with E-state index in [0.717, 1.165) is 37.3 Å². The summed E-state index contributed by atoms with van der Waals surface area (Å²) >= 11 is 0. The molecule has 0 aromatic heterocycles. The van der Waals surface area contributed by atoms with Crippen molar-refractivity contribution >= 4 is 0 Å². The van der Waals surface area contributed by atoms with Crippen molar-refractivity contribution in [1.82, 2.24) is 4.90 Å². The van der Waals surface area contributed by atoms with E-state index in [2.05, 4.69) is 44.7 Å². The Hall–Kier alpha value is -1.26. The first-order chi connectivity index (χ1) is 12.3. The van der Waals surface area contributed by atoms with Crippen LogP contribution in [0.5, 0.6) is 11.5 Å². The molecule has 1 saturated carbocycles. The second-order valence-electron chi connectivity index (χ2n) is 8.77. The molecule has 0 unspecified atom stereocenters. The summed E-state index contributed by atoms with van der Waals surface area (Å²) in [7, 11) is 3.39. The van der Waals surface area contributed by atoms with Gasteiger partial charge in [0.1, 0.15) is 0 Å². The van der Waals surface area contributed by atoms with Gasteiger partial charge in [-0.25, -0.2) is 0 Å². The molecule has 146 valence electrons. The molecule has 3 rings (SSSR count). The summed E-state index contributed by atoms with van der Waals surface area (Å²) in [5, 5.41) is 10.8. The van der Waals surface area contributed by atoms with Crippen molar-refractivity contribution in [2.24, 2.45) is 11.8 Å². The zero-order chi connectivity index (χ0) is 19.1. The van der Waals surface area contributed by atoms with Crippen LogP contribution in [0.2, 0.25) is 0 Å². The highest BCUT2D eigenvalue weighted by atomic mass is 16.5. The molecular weight excluding hydrogens is 326 g/mol. The van der Waals surface area contributed by atoms with Crippen LogP contribution in [-0.4, -0.2) is 42.4 Å². The summed E-state index contributed by atoms with van der Waals surface area (Å²) in [4.78, 5) is 2.59. The molecule has 0 bridgehead atoms. The van der Waals surface area contributed by atoms with E-state index in [-0.39, 0.29) is 11.6 Å². The topological polar surface area (TPSA) is 41.9 Å². The molecule has 2 aliphatic rings. The van der Waals surface area contributed by atoms with E-state index >= 15 is 0 Å². The number of rotatable bonds is 4. The average Bonchev–Trinajstić information content (AvgIpc) is 2.60. The van der Waals surface area contributed by atoms with Gasteiger partial charge in [-0.3, -0.25) is 4.90 Å². The Labute approximate surface area is 158 Å². The lowest BCUT2D eigenvalue weighted by Gasteiger charge is -2.52. The van der Waals surface area contributed by atoms with Crippen LogP contribution in [0, 0.1) is 11.8 Å². The molecule has 4 nitrogen and oxygen atoms in total. The molecule has 1 N–H and O–H groups in total. The van der Waals surface area contributed by atoms with Crippen LogP contribution < -0.4 is 9.47 Å². The summed E-state index contributed by atoms with van der Waals surface area (Å²) in [6, 6.07) is 4.56. The van der Waals surface area contributed by atoms with Crippen molar-refractivity contribution in [3.8, 4) is 11.5 Å². The van der Waals surface area contributed by atoms with Crippen molar-refractivity contribution in [2.75, 3.05) is 20.8 Å². The number of methoxy groups -OCH3 is 2. The molecule has 26 heavy (non-hydrogen) atoms. The molecule has 1 heterocycles. The largest absolute Gasteiger partial charge is 0.493 e. The third kappa shape index (κ3) is 3.34. The van der Waals surface area contributed by atoms with E-state index in [1.807, 2.05) is 0 Å². The summed E-state index contributed by atoms with van der Waals surface area (Å²) in [5.74, 6) is 2.56. The van der Waals surface area contributed by atoms with Crippen LogP contribution in [-0.2, 0) is 6.42 Å². The lowest BCUT2D eigenvalue weighted by atomic mass is 9.70. The second-order valence-corrected chi connectivity index (χ2v) is 8.77. The Bertz CT molecular complexity index is 643. The monoisotopic (exact) mass is 361 g/mol. The number of aliphatic hydroxyl groups excluding tert-OH is 1. The van der Waals surface area contributed by atoms with Crippen LogP contribution in [0.25, 0.3) is 0 Å². The average molecular weight is 362 g/mol. The number of aliphatic hydroxyl groups is 1. The van der Waals surface area contributed by atoms with Crippen molar-refractivity contribution in [3.05, 3.63) is 23.3 Å². The van der Waals surface area contributed by atoms with Gasteiger partial charge in [0.25, 0.3) is 0 Å². The third-order valence-electron chi connectivity index (χ3n) is 6.91. The van der Waals surface area contributed by atoms with E-state index in [1.165, 1.54) is 17.5 Å². The van der Waals surface area contributed by atoms with Gasteiger partial charge in [0, 0.05) is 24.0 Å². The lowest BCUT2D eigenvalue weighted by Crippen LogP contribution is -2.56. The molecule has 0 amide bonds. The molecule has 1 aromatic rings. The van der Waals surface area contributed by atoms with E-state index in [9.17, 15) is 5.11 Å². The zero-order valence-corrected chi connectivity index (χ0v) is 17.2. The number of hydrogen-bond donors (Lipinski definition) is 1. The minimum absolute atomic E-state index is 0.0379. The van der Waals surface area contributed by atoms with Crippen LogP contribution in [0.1, 0.15) is 64.1 Å². The molecule has 1 aliphatic carbocycles. The maximum absolute atomic E-state index is 10.8. The minimum Gasteiger partial charge on any atom is -0.493 e. The van der Waals surface area contributed by atoms with Gasteiger partial charge in [0.2, 0.25) is 0 Å². The van der Waals surface area contributed by atoms with Crippen molar-refractivity contribution in [1.29, 1.82) is 0 Å². The predicted molar refractivity (Wildman–Crippen MR) is 105 cm³/mol. The van der Waals surface area contributed by atoms with Gasteiger partial charge in [-0.05, 0) is 69.2 Å². The normalized spacial score (nSPS) is 30.0. The lowest BCUT2D eigenvalue weighted by molar-refractivity contribution is -0.0607. The maximum atomic E-state index is 10.8. The van der Waals surface area contributed by atoms with Crippen molar-refractivity contribution < 1.29 is 14.6 Å². The zero-order valence-electron chi connectivity index (χ0n) is 17.2. The molecule has 0 saturated heterocycles. The highest BCUT2D eigenvalue weighted by Crippen LogP contribution is 2.45. The molecule has 1 aliphatic heterocycles. The molecule has 4 atom stereocenters. The predicted octanol–water partition coefficient (Wildman–Crippen LogP) is 4.20. The first-order valence-corrected chi connectivity index (χ1v) is 9.99. The smallest absolute Gasteiger partial charge is 0.161 e. The van der Waals surface area contributed by atoms with E-state index in [0.29, 0.717) is 17.9 Å². The Morgan fingerprint density at radius 2 is 1.73 bits per heavy atom. The standard InChI is InChI=1S/C22H35NO3/c1-14-7-8-18(19(24)11-14)22(3,4)23-10-9-16-12-20(25-5)21(26-6)13-17(16)15(23)2/h12-15,18-19,24H,7-11H2,1-6H3/t14-,15-,18-,19-/m1/s1. The summed E-state index contributed by atoms with van der Waals surface area (Å²) in [5.41, 5.74) is 2.63. The highest BCUT2D eigenvalue weighted by Gasteiger charge is 2.44. The quantitative estimate of drug-likeness (QED) is 0.873. The first kappa shape index (κ1) is 19.5. The van der Waals surface area contributed by atoms with E-state index in [1.54, 1.807) is 14.2 Å². The first-order valence-electron chi connectivity index (χ1n) is 9.99. The van der Waals surface area contributed by atoms with Crippen molar-refractivity contribution in [3.63, 3.8) is 0 Å². The SMILES string of the molecule is COc1cc2c(cc1OC)[C@@H](C)N(C(C)(C)[C@@H]1CC[C@@H](C)C[C@H]1O)CC2. The van der Waals surface area contributed by atoms with Crippen LogP contribution in [0.3, 0.4) is 0 Å². The van der Waals surface area contributed by atoms with Crippen molar-refractivity contribution in [2.45, 2.75) is 71.1 Å². The second kappa shape index (κ2) is 7.40. The van der Waals surface area contributed by atoms with Gasteiger partial charge < -0.3 is 14.6 Å². The highest BCUT2D eigenvalue weighted by molar-refractivity contribution is 5.49. The van der Waals surface area contributed by atoms with E-state index < -0.39 is 0 Å². The fourth-order valence-corrected chi connectivity index (χ4v) is 5.32. The van der Waals surface area contributed by atoms with E-state index in [4.69, 9.17) is 9.47 Å². The van der Waals surface area contributed by atoms with Crippen LogP contribution in [0.4, 0.5) is 0 Å². The fraction of sp³-hybridized carbons (Fsp3) is 0.727. The maximum Gasteiger partial charge on any atom is 0.161 e. The third-order valence-corrected chi connectivity index (χ3v) is 6.91. The van der Waals surface area contributed by atoms with Gasteiger partial charge in [-0.15, -0.1) is 0 Å². The fourth-order valence-electron chi connectivity index (χ4n) is 5.32. The summed E-state index contributed by atoms with van der Waals surface area (Å²) < 4.78 is 11.0. The molecule has 1 fully saturated rings. The summed E-state index contributed by atoms with van der Waals surface area (Å²) in [6.45, 7) is 10.2. The van der Waals surface area contributed by atoms with Gasteiger partial charge in [0.15, 0.2) is 11.5 Å².